The fourth-order valence-electron chi connectivity index (χ4n) is 4.35. The van der Waals surface area contributed by atoms with E-state index in [1.807, 2.05) is 73.7 Å². The molecule has 0 radical (unpaired) electrons. The molecular weight excluding hydrogens is 442 g/mol. The third-order valence-electron chi connectivity index (χ3n) is 6.10. The molecule has 3 aromatic rings. The number of amides is 1. The van der Waals surface area contributed by atoms with Crippen molar-refractivity contribution in [1.82, 2.24) is 4.90 Å². The highest BCUT2D eigenvalue weighted by Crippen LogP contribution is 2.40. The number of aliphatic hydroxyl groups excluding tert-OH is 1. The standard InChI is InChI=1S/C29H29NO5/c1-20-18-23(35-19-21-10-5-3-6-11-21)14-15-24(20)27(31)25-26(22-12-7-4-8-13-22)30(16-9-17-34-2)29(33)28(25)32/h3-8,10-15,18,26,31H,9,16-17,19H2,1-2H3/b27-25+/t26-/m1/s1. The van der Waals surface area contributed by atoms with Gasteiger partial charge in [-0.3, -0.25) is 9.59 Å². The van der Waals surface area contributed by atoms with E-state index in [4.69, 9.17) is 9.47 Å². The van der Waals surface area contributed by atoms with E-state index < -0.39 is 17.7 Å². The number of aryl methyl sites for hydroxylation is 1. The first-order chi connectivity index (χ1) is 17.0. The number of ketones is 1. The molecule has 1 aliphatic heterocycles. The van der Waals surface area contributed by atoms with Gasteiger partial charge in [0.05, 0.1) is 11.6 Å². The van der Waals surface area contributed by atoms with Crippen molar-refractivity contribution in [3.8, 4) is 5.75 Å². The number of carbonyl (C=O) groups excluding carboxylic acids is 2. The van der Waals surface area contributed by atoms with E-state index in [1.165, 1.54) is 4.90 Å². The fraction of sp³-hybridized carbons (Fsp3) is 0.241. The molecule has 0 aromatic heterocycles. The molecule has 3 aromatic carbocycles. The van der Waals surface area contributed by atoms with Gasteiger partial charge in [-0.05, 0) is 48.2 Å². The van der Waals surface area contributed by atoms with Crippen molar-refractivity contribution in [2.24, 2.45) is 0 Å². The number of methoxy groups -OCH3 is 1. The molecule has 1 amide bonds. The smallest absolute Gasteiger partial charge is 0.295 e. The Balaban J connectivity index is 1.67. The zero-order chi connectivity index (χ0) is 24.8. The topological polar surface area (TPSA) is 76.1 Å². The van der Waals surface area contributed by atoms with Crippen LogP contribution in [0.25, 0.3) is 5.76 Å². The largest absolute Gasteiger partial charge is 0.507 e. The Bertz CT molecular complexity index is 1220. The molecule has 35 heavy (non-hydrogen) atoms. The number of likely N-dealkylation sites (tertiary alicyclic amines) is 1. The summed E-state index contributed by atoms with van der Waals surface area (Å²) in [5, 5.41) is 11.3. The summed E-state index contributed by atoms with van der Waals surface area (Å²) in [5.74, 6) is -0.823. The van der Waals surface area contributed by atoms with E-state index in [-0.39, 0.29) is 11.3 Å². The Kier molecular flexibility index (Phi) is 7.63. The quantitative estimate of drug-likeness (QED) is 0.205. The van der Waals surface area contributed by atoms with Crippen LogP contribution in [0.15, 0.2) is 84.4 Å². The highest BCUT2D eigenvalue weighted by Gasteiger charge is 2.45. The second kappa shape index (κ2) is 11.0. The van der Waals surface area contributed by atoms with Crippen LogP contribution in [0, 0.1) is 6.92 Å². The van der Waals surface area contributed by atoms with Gasteiger partial charge in [0.2, 0.25) is 0 Å². The predicted octanol–water partition coefficient (Wildman–Crippen LogP) is 5.03. The van der Waals surface area contributed by atoms with Crippen LogP contribution < -0.4 is 4.74 Å². The molecule has 180 valence electrons. The number of aliphatic hydroxyl groups is 1. The maximum absolute atomic E-state index is 13.1. The first-order valence-corrected chi connectivity index (χ1v) is 11.6. The number of ether oxygens (including phenoxy) is 2. The summed E-state index contributed by atoms with van der Waals surface area (Å²) < 4.78 is 11.0. The summed E-state index contributed by atoms with van der Waals surface area (Å²) >= 11 is 0. The van der Waals surface area contributed by atoms with Gasteiger partial charge < -0.3 is 19.5 Å². The van der Waals surface area contributed by atoms with Crippen molar-refractivity contribution in [3.63, 3.8) is 0 Å². The summed E-state index contributed by atoms with van der Waals surface area (Å²) in [6.45, 7) is 3.08. The molecular formula is C29H29NO5. The monoisotopic (exact) mass is 471 g/mol. The Labute approximate surface area is 205 Å². The average molecular weight is 472 g/mol. The van der Waals surface area contributed by atoms with Crippen LogP contribution in [-0.2, 0) is 20.9 Å². The molecule has 0 unspecified atom stereocenters. The SMILES string of the molecule is COCCCN1C(=O)C(=O)/C(=C(/O)c2ccc(OCc3ccccc3)cc2C)[C@H]1c1ccccc1. The number of carbonyl (C=O) groups is 2. The van der Waals surface area contributed by atoms with Crippen molar-refractivity contribution < 1.29 is 24.2 Å². The molecule has 1 heterocycles. The summed E-state index contributed by atoms with van der Waals surface area (Å²) in [6.07, 6.45) is 0.583. The van der Waals surface area contributed by atoms with Crippen molar-refractivity contribution in [1.29, 1.82) is 0 Å². The molecule has 0 saturated carbocycles. The minimum absolute atomic E-state index is 0.0969. The number of nitrogens with zero attached hydrogens (tertiary/aromatic N) is 1. The predicted molar refractivity (Wildman–Crippen MR) is 134 cm³/mol. The Morgan fingerprint density at radius 1 is 0.971 bits per heavy atom. The van der Waals surface area contributed by atoms with E-state index >= 15 is 0 Å². The molecule has 1 fully saturated rings. The van der Waals surface area contributed by atoms with Gasteiger partial charge in [0.15, 0.2) is 0 Å². The molecule has 1 atom stereocenters. The second-order valence-electron chi connectivity index (χ2n) is 8.50. The van der Waals surface area contributed by atoms with Gasteiger partial charge in [-0.15, -0.1) is 0 Å². The van der Waals surface area contributed by atoms with Gasteiger partial charge in [0.25, 0.3) is 11.7 Å². The Morgan fingerprint density at radius 3 is 2.31 bits per heavy atom. The lowest BCUT2D eigenvalue weighted by atomic mass is 9.94. The molecule has 0 spiro atoms. The van der Waals surface area contributed by atoms with Gasteiger partial charge in [0.1, 0.15) is 18.1 Å². The molecule has 6 heteroatoms. The summed E-state index contributed by atoms with van der Waals surface area (Å²) in [7, 11) is 1.60. The molecule has 1 aliphatic rings. The molecule has 6 nitrogen and oxygen atoms in total. The van der Waals surface area contributed by atoms with Crippen LogP contribution in [-0.4, -0.2) is 42.0 Å². The van der Waals surface area contributed by atoms with Crippen LogP contribution in [0.1, 0.15) is 34.7 Å². The molecule has 1 saturated heterocycles. The number of benzene rings is 3. The van der Waals surface area contributed by atoms with Crippen LogP contribution in [0.4, 0.5) is 0 Å². The van der Waals surface area contributed by atoms with Gasteiger partial charge in [-0.1, -0.05) is 60.7 Å². The Hall–Kier alpha value is -3.90. The molecule has 0 bridgehead atoms. The molecule has 0 aliphatic carbocycles. The van der Waals surface area contributed by atoms with E-state index in [2.05, 4.69) is 0 Å². The minimum Gasteiger partial charge on any atom is -0.507 e. The van der Waals surface area contributed by atoms with Crippen LogP contribution >= 0.6 is 0 Å². The van der Waals surface area contributed by atoms with Gasteiger partial charge >= 0.3 is 0 Å². The normalized spacial score (nSPS) is 17.1. The average Bonchev–Trinajstić information content (AvgIpc) is 3.13. The number of Topliss-reactive ketones (excluding diaryl/α,β-unsaturated/α-hetero) is 1. The van der Waals surface area contributed by atoms with Crippen LogP contribution in [0.5, 0.6) is 5.75 Å². The lowest BCUT2D eigenvalue weighted by Gasteiger charge is -2.25. The maximum Gasteiger partial charge on any atom is 0.295 e. The zero-order valence-corrected chi connectivity index (χ0v) is 19.9. The highest BCUT2D eigenvalue weighted by atomic mass is 16.5. The van der Waals surface area contributed by atoms with Gasteiger partial charge in [0, 0.05) is 25.8 Å². The van der Waals surface area contributed by atoms with Crippen LogP contribution in [0.3, 0.4) is 0 Å². The molecule has 1 N–H and O–H groups in total. The van der Waals surface area contributed by atoms with Crippen molar-refractivity contribution in [3.05, 3.63) is 107 Å². The van der Waals surface area contributed by atoms with Gasteiger partial charge in [-0.2, -0.15) is 0 Å². The van der Waals surface area contributed by atoms with Crippen molar-refractivity contribution in [2.45, 2.75) is 26.0 Å². The van der Waals surface area contributed by atoms with E-state index in [0.717, 1.165) is 16.7 Å². The summed E-state index contributed by atoms with van der Waals surface area (Å²) in [5.41, 5.74) is 3.15. The van der Waals surface area contributed by atoms with Crippen LogP contribution in [0.2, 0.25) is 0 Å². The highest BCUT2D eigenvalue weighted by molar-refractivity contribution is 6.46. The van der Waals surface area contributed by atoms with E-state index in [9.17, 15) is 14.7 Å². The number of hydrogen-bond acceptors (Lipinski definition) is 5. The lowest BCUT2D eigenvalue weighted by Crippen LogP contribution is -2.31. The fourth-order valence-corrected chi connectivity index (χ4v) is 4.35. The third-order valence-corrected chi connectivity index (χ3v) is 6.10. The minimum atomic E-state index is -0.683. The number of rotatable bonds is 9. The summed E-state index contributed by atoms with van der Waals surface area (Å²) in [6, 6.07) is 23.8. The Morgan fingerprint density at radius 2 is 1.66 bits per heavy atom. The van der Waals surface area contributed by atoms with E-state index in [1.54, 1.807) is 19.2 Å². The summed E-state index contributed by atoms with van der Waals surface area (Å²) in [4.78, 5) is 27.6. The second-order valence-corrected chi connectivity index (χ2v) is 8.50. The maximum atomic E-state index is 13.1. The van der Waals surface area contributed by atoms with Crippen molar-refractivity contribution in [2.75, 3.05) is 20.3 Å². The first kappa shape index (κ1) is 24.2. The zero-order valence-electron chi connectivity index (χ0n) is 19.9. The lowest BCUT2D eigenvalue weighted by molar-refractivity contribution is -0.140. The van der Waals surface area contributed by atoms with Gasteiger partial charge in [-0.25, -0.2) is 0 Å². The van der Waals surface area contributed by atoms with Crippen molar-refractivity contribution >= 4 is 17.4 Å². The molecule has 4 rings (SSSR count). The third kappa shape index (κ3) is 5.28. The first-order valence-electron chi connectivity index (χ1n) is 11.6. The number of hydrogen-bond donors (Lipinski definition) is 1. The van der Waals surface area contributed by atoms with E-state index in [0.29, 0.717) is 37.5 Å².